The molecule has 0 saturated heterocycles. The van der Waals surface area contributed by atoms with Crippen LogP contribution in [0.5, 0.6) is 0 Å². The standard InChI is InChI=1S/C9H15N2O5P/c1-3-15-17(14,16-4-2)6-7-5-10-9(13)11-8(7)12/h5H,3-4,6H2,1-2H3,(H2,10,11,12,13). The fourth-order valence-electron chi connectivity index (χ4n) is 1.29. The Labute approximate surface area is 97.7 Å². The average Bonchev–Trinajstić information content (AvgIpc) is 2.23. The van der Waals surface area contributed by atoms with Crippen molar-refractivity contribution >= 4 is 7.60 Å². The summed E-state index contributed by atoms with van der Waals surface area (Å²) < 4.78 is 22.2. The van der Waals surface area contributed by atoms with Crippen LogP contribution < -0.4 is 11.2 Å². The Bertz CT molecular complexity index is 511. The van der Waals surface area contributed by atoms with Gasteiger partial charge in [0.15, 0.2) is 0 Å². The fraction of sp³-hybridized carbons (Fsp3) is 0.556. The van der Waals surface area contributed by atoms with Gasteiger partial charge in [-0.3, -0.25) is 14.3 Å². The van der Waals surface area contributed by atoms with E-state index in [1.807, 2.05) is 4.98 Å². The van der Waals surface area contributed by atoms with E-state index in [2.05, 4.69) is 4.98 Å². The molecule has 96 valence electrons. The van der Waals surface area contributed by atoms with Gasteiger partial charge in [0.2, 0.25) is 0 Å². The molecule has 0 spiro atoms. The first-order valence-corrected chi connectivity index (χ1v) is 6.92. The van der Waals surface area contributed by atoms with Gasteiger partial charge in [0.05, 0.1) is 19.4 Å². The van der Waals surface area contributed by atoms with Crippen LogP contribution in [-0.4, -0.2) is 23.2 Å². The van der Waals surface area contributed by atoms with E-state index in [9.17, 15) is 14.2 Å². The second kappa shape index (κ2) is 5.95. The van der Waals surface area contributed by atoms with Crippen molar-refractivity contribution in [1.29, 1.82) is 0 Å². The molecule has 1 rings (SSSR count). The number of hydrogen-bond acceptors (Lipinski definition) is 5. The zero-order valence-corrected chi connectivity index (χ0v) is 10.6. The van der Waals surface area contributed by atoms with Gasteiger partial charge in [-0.1, -0.05) is 0 Å². The highest BCUT2D eigenvalue weighted by Crippen LogP contribution is 2.50. The predicted molar refractivity (Wildman–Crippen MR) is 62.2 cm³/mol. The molecule has 0 radical (unpaired) electrons. The molecule has 0 aromatic carbocycles. The summed E-state index contributed by atoms with van der Waals surface area (Å²) in [6.07, 6.45) is 1.05. The molecule has 17 heavy (non-hydrogen) atoms. The van der Waals surface area contributed by atoms with E-state index in [4.69, 9.17) is 9.05 Å². The lowest BCUT2D eigenvalue weighted by Gasteiger charge is -2.16. The molecule has 0 amide bonds. The zero-order valence-electron chi connectivity index (χ0n) is 9.69. The van der Waals surface area contributed by atoms with E-state index in [1.165, 1.54) is 6.20 Å². The second-order valence-corrected chi connectivity index (χ2v) is 5.26. The molecule has 0 aliphatic carbocycles. The van der Waals surface area contributed by atoms with E-state index in [-0.39, 0.29) is 24.9 Å². The van der Waals surface area contributed by atoms with Gasteiger partial charge in [-0.15, -0.1) is 0 Å². The number of aromatic nitrogens is 2. The van der Waals surface area contributed by atoms with Crippen LogP contribution in [0.15, 0.2) is 15.8 Å². The molecule has 1 aromatic heterocycles. The largest absolute Gasteiger partial charge is 0.335 e. The lowest BCUT2D eigenvalue weighted by atomic mass is 10.4. The highest BCUT2D eigenvalue weighted by molar-refractivity contribution is 7.53. The lowest BCUT2D eigenvalue weighted by molar-refractivity contribution is 0.219. The maximum Gasteiger partial charge on any atom is 0.335 e. The quantitative estimate of drug-likeness (QED) is 0.739. The first-order chi connectivity index (χ1) is 8.00. The Balaban J connectivity index is 2.97. The van der Waals surface area contributed by atoms with Crippen LogP contribution in [0.3, 0.4) is 0 Å². The van der Waals surface area contributed by atoms with Crippen LogP contribution in [0.25, 0.3) is 0 Å². The Morgan fingerprint density at radius 1 is 1.24 bits per heavy atom. The minimum absolute atomic E-state index is 0.162. The average molecular weight is 262 g/mol. The number of H-pyrrole nitrogens is 2. The summed E-state index contributed by atoms with van der Waals surface area (Å²) in [6.45, 7) is 3.81. The molecule has 1 aromatic rings. The van der Waals surface area contributed by atoms with Crippen molar-refractivity contribution in [3.8, 4) is 0 Å². The third-order valence-corrected chi connectivity index (χ3v) is 3.94. The maximum absolute atomic E-state index is 12.1. The zero-order chi connectivity index (χ0) is 12.9. The third kappa shape index (κ3) is 3.96. The van der Waals surface area contributed by atoms with Crippen LogP contribution >= 0.6 is 7.60 Å². The van der Waals surface area contributed by atoms with Crippen molar-refractivity contribution in [2.24, 2.45) is 0 Å². The molecular formula is C9H15N2O5P. The Morgan fingerprint density at radius 2 is 1.82 bits per heavy atom. The normalized spacial score (nSPS) is 11.6. The summed E-state index contributed by atoms with van der Waals surface area (Å²) in [5, 5.41) is 0. The third-order valence-electron chi connectivity index (χ3n) is 1.91. The first kappa shape index (κ1) is 13.9. The van der Waals surface area contributed by atoms with Crippen molar-refractivity contribution in [3.05, 3.63) is 32.6 Å². The van der Waals surface area contributed by atoms with E-state index < -0.39 is 18.8 Å². The lowest BCUT2D eigenvalue weighted by Crippen LogP contribution is -2.24. The van der Waals surface area contributed by atoms with Gasteiger partial charge < -0.3 is 14.0 Å². The van der Waals surface area contributed by atoms with Gasteiger partial charge in [0.25, 0.3) is 5.56 Å². The number of nitrogens with one attached hydrogen (secondary N) is 2. The summed E-state index contributed by atoms with van der Waals surface area (Å²) in [7, 11) is -3.33. The van der Waals surface area contributed by atoms with Crippen LogP contribution in [0.1, 0.15) is 19.4 Å². The van der Waals surface area contributed by atoms with Crippen molar-refractivity contribution in [2.45, 2.75) is 20.0 Å². The minimum Gasteiger partial charge on any atom is -0.314 e. The van der Waals surface area contributed by atoms with Gasteiger partial charge in [-0.25, -0.2) is 4.79 Å². The second-order valence-electron chi connectivity index (χ2n) is 3.20. The predicted octanol–water partition coefficient (Wildman–Crippen LogP) is 0.829. The molecule has 0 unspecified atom stereocenters. The molecule has 8 heteroatoms. The monoisotopic (exact) mass is 262 g/mol. The van der Waals surface area contributed by atoms with Crippen molar-refractivity contribution < 1.29 is 13.6 Å². The first-order valence-electron chi connectivity index (χ1n) is 5.19. The number of hydrogen-bond donors (Lipinski definition) is 2. The fourth-order valence-corrected chi connectivity index (χ4v) is 2.98. The van der Waals surface area contributed by atoms with Crippen LogP contribution in [0.4, 0.5) is 0 Å². The van der Waals surface area contributed by atoms with E-state index in [1.54, 1.807) is 13.8 Å². The molecule has 0 fully saturated rings. The van der Waals surface area contributed by atoms with Gasteiger partial charge in [-0.2, -0.15) is 0 Å². The SMILES string of the molecule is CCOP(=O)(Cc1c[nH]c(=O)[nH]c1=O)OCC. The highest BCUT2D eigenvalue weighted by atomic mass is 31.2. The minimum atomic E-state index is -3.33. The molecular weight excluding hydrogens is 247 g/mol. The van der Waals surface area contributed by atoms with Crippen molar-refractivity contribution in [1.82, 2.24) is 9.97 Å². The molecule has 0 bridgehead atoms. The van der Waals surface area contributed by atoms with Crippen LogP contribution in [-0.2, 0) is 19.8 Å². The molecule has 0 aliphatic rings. The molecule has 0 aliphatic heterocycles. The van der Waals surface area contributed by atoms with Crippen molar-refractivity contribution in [3.63, 3.8) is 0 Å². The molecule has 2 N–H and O–H groups in total. The number of aromatic amines is 2. The smallest absolute Gasteiger partial charge is 0.314 e. The summed E-state index contributed by atoms with van der Waals surface area (Å²) in [5.41, 5.74) is -1.04. The molecule has 1 heterocycles. The topological polar surface area (TPSA) is 101 Å². The molecule has 0 saturated carbocycles. The maximum atomic E-state index is 12.1. The van der Waals surface area contributed by atoms with Gasteiger partial charge in [0, 0.05) is 11.8 Å². The highest BCUT2D eigenvalue weighted by Gasteiger charge is 2.25. The Morgan fingerprint density at radius 3 is 2.29 bits per heavy atom. The molecule has 0 atom stereocenters. The van der Waals surface area contributed by atoms with Crippen LogP contribution in [0.2, 0.25) is 0 Å². The summed E-state index contributed by atoms with van der Waals surface area (Å²) >= 11 is 0. The van der Waals surface area contributed by atoms with Crippen LogP contribution in [0, 0.1) is 0 Å². The Kier molecular flexibility index (Phi) is 4.86. The van der Waals surface area contributed by atoms with E-state index in [0.717, 1.165) is 0 Å². The molecule has 7 nitrogen and oxygen atoms in total. The summed E-state index contributed by atoms with van der Waals surface area (Å²) in [5.74, 6) is 0. The van der Waals surface area contributed by atoms with Crippen molar-refractivity contribution in [2.75, 3.05) is 13.2 Å². The Hall–Kier alpha value is -1.17. The van der Waals surface area contributed by atoms with E-state index >= 15 is 0 Å². The number of rotatable bonds is 6. The summed E-state index contributed by atoms with van der Waals surface area (Å²) in [4.78, 5) is 26.6. The van der Waals surface area contributed by atoms with Gasteiger partial charge in [0.1, 0.15) is 0 Å². The van der Waals surface area contributed by atoms with Gasteiger partial charge in [-0.05, 0) is 13.8 Å². The van der Waals surface area contributed by atoms with Gasteiger partial charge >= 0.3 is 13.3 Å². The summed E-state index contributed by atoms with van der Waals surface area (Å²) in [6, 6.07) is 0. The van der Waals surface area contributed by atoms with E-state index in [0.29, 0.717) is 0 Å².